The minimum absolute atomic E-state index is 0.117. The Morgan fingerprint density at radius 1 is 1.02 bits per heavy atom. The van der Waals surface area contributed by atoms with Gasteiger partial charge in [-0.05, 0) is 73.0 Å². The Morgan fingerprint density at radius 2 is 1.81 bits per heavy atom. The van der Waals surface area contributed by atoms with Crippen LogP contribution in [0.2, 0.25) is 0 Å². The van der Waals surface area contributed by atoms with Gasteiger partial charge in [-0.25, -0.2) is 4.68 Å². The molecule has 214 valence electrons. The number of ether oxygens (including phenoxy) is 3. The van der Waals surface area contributed by atoms with Crippen LogP contribution in [0.15, 0.2) is 90.5 Å². The largest absolute Gasteiger partial charge is 0.493 e. The second-order valence-corrected chi connectivity index (χ2v) is 11.2. The molecule has 0 unspecified atom stereocenters. The van der Waals surface area contributed by atoms with E-state index in [1.165, 1.54) is 11.8 Å². The molecule has 1 saturated heterocycles. The fourth-order valence-electron chi connectivity index (χ4n) is 4.67. The number of hydrogen-bond donors (Lipinski definition) is 0. The number of rotatable bonds is 11. The highest BCUT2D eigenvalue weighted by Crippen LogP contribution is 2.36. The Hall–Kier alpha value is -4.34. The van der Waals surface area contributed by atoms with E-state index in [0.29, 0.717) is 40.3 Å². The van der Waals surface area contributed by atoms with Crippen molar-refractivity contribution in [2.75, 3.05) is 27.4 Å². The van der Waals surface area contributed by atoms with Crippen LogP contribution in [0, 0.1) is 6.92 Å². The van der Waals surface area contributed by atoms with Crippen LogP contribution in [0.5, 0.6) is 17.2 Å². The quantitative estimate of drug-likeness (QED) is 0.106. The van der Waals surface area contributed by atoms with Gasteiger partial charge in [0.15, 0.2) is 11.5 Å². The zero-order chi connectivity index (χ0) is 29.6. The Kier molecular flexibility index (Phi) is 9.09. The monoisotopic (exact) mass is 597 g/mol. The van der Waals surface area contributed by atoms with Crippen LogP contribution < -0.4 is 14.2 Å². The van der Waals surface area contributed by atoms with Crippen LogP contribution in [-0.2, 0) is 11.2 Å². The maximum Gasteiger partial charge on any atom is 0.266 e. The number of para-hydroxylation sites is 1. The molecule has 0 saturated carbocycles. The molecule has 1 aliphatic rings. The smallest absolute Gasteiger partial charge is 0.266 e. The molecule has 0 atom stereocenters. The van der Waals surface area contributed by atoms with Gasteiger partial charge in [-0.1, -0.05) is 60.9 Å². The number of aryl methyl sites for hydroxylation is 1. The molecule has 7 nitrogen and oxygen atoms in total. The predicted molar refractivity (Wildman–Crippen MR) is 173 cm³/mol. The molecule has 9 heteroatoms. The van der Waals surface area contributed by atoms with Crippen LogP contribution in [0.4, 0.5) is 0 Å². The lowest BCUT2D eigenvalue weighted by atomic mass is 10.0. The van der Waals surface area contributed by atoms with Crippen LogP contribution in [0.3, 0.4) is 0 Å². The summed E-state index contributed by atoms with van der Waals surface area (Å²) in [5, 5.41) is 4.94. The standard InChI is InChI=1S/C33H31N3O4S2/c1-5-17-40-26-12-13-27(22(2)18-26)31-24(21-36(34-31)25-9-7-6-8-10-25)20-30-32(37)35(33(41)42-30)16-15-23-11-14-28(38-3)29(19-23)39-4/h5-14,18-21H,1,15-17H2,2-4H3. The summed E-state index contributed by atoms with van der Waals surface area (Å²) >= 11 is 6.94. The van der Waals surface area contributed by atoms with Crippen molar-refractivity contribution in [3.05, 3.63) is 107 Å². The first-order valence-corrected chi connectivity index (χ1v) is 14.6. The molecule has 4 aromatic rings. The van der Waals surface area contributed by atoms with Gasteiger partial charge in [0.2, 0.25) is 0 Å². The Labute approximate surface area is 255 Å². The molecular weight excluding hydrogens is 567 g/mol. The van der Waals surface area contributed by atoms with Crippen molar-refractivity contribution >= 4 is 40.3 Å². The lowest BCUT2D eigenvalue weighted by Crippen LogP contribution is -2.30. The minimum atomic E-state index is -0.117. The third-order valence-corrected chi connectivity index (χ3v) is 8.19. The van der Waals surface area contributed by atoms with Crippen LogP contribution in [0.25, 0.3) is 23.0 Å². The van der Waals surface area contributed by atoms with Gasteiger partial charge in [0, 0.05) is 23.9 Å². The third-order valence-electron chi connectivity index (χ3n) is 6.82. The summed E-state index contributed by atoms with van der Waals surface area (Å²) in [5.74, 6) is 1.96. The van der Waals surface area contributed by atoms with Gasteiger partial charge in [0.05, 0.1) is 24.8 Å². The van der Waals surface area contributed by atoms with E-state index in [4.69, 9.17) is 31.5 Å². The fourth-order valence-corrected chi connectivity index (χ4v) is 5.97. The van der Waals surface area contributed by atoms with Crippen molar-refractivity contribution in [3.8, 4) is 34.2 Å². The van der Waals surface area contributed by atoms with E-state index < -0.39 is 0 Å². The molecule has 3 aromatic carbocycles. The Balaban J connectivity index is 1.44. The van der Waals surface area contributed by atoms with E-state index in [1.54, 1.807) is 25.2 Å². The minimum Gasteiger partial charge on any atom is -0.493 e. The average molecular weight is 598 g/mol. The highest BCUT2D eigenvalue weighted by molar-refractivity contribution is 8.26. The molecule has 1 amide bonds. The number of benzene rings is 3. The topological polar surface area (TPSA) is 65.8 Å². The molecule has 0 N–H and O–H groups in total. The molecule has 0 bridgehead atoms. The normalized spacial score (nSPS) is 14.0. The second kappa shape index (κ2) is 13.1. The van der Waals surface area contributed by atoms with Crippen LogP contribution in [-0.4, -0.2) is 52.3 Å². The Bertz CT molecular complexity index is 1660. The number of nitrogens with zero attached hydrogens (tertiary/aromatic N) is 3. The summed E-state index contributed by atoms with van der Waals surface area (Å²) in [5.41, 5.74) is 5.49. The molecule has 5 rings (SSSR count). The fraction of sp³-hybridized carbons (Fsp3) is 0.182. The number of thiocarbonyl (C=S) groups is 1. The van der Waals surface area contributed by atoms with Crippen molar-refractivity contribution in [3.63, 3.8) is 0 Å². The molecule has 1 aromatic heterocycles. The van der Waals surface area contributed by atoms with Crippen LogP contribution in [0.1, 0.15) is 16.7 Å². The van der Waals surface area contributed by atoms with Crippen molar-refractivity contribution in [2.45, 2.75) is 13.3 Å². The van der Waals surface area contributed by atoms with Crippen LogP contribution >= 0.6 is 24.0 Å². The lowest BCUT2D eigenvalue weighted by molar-refractivity contribution is -0.122. The summed E-state index contributed by atoms with van der Waals surface area (Å²) in [4.78, 5) is 15.8. The first-order valence-electron chi connectivity index (χ1n) is 13.4. The Morgan fingerprint density at radius 3 is 2.52 bits per heavy atom. The van der Waals surface area contributed by atoms with E-state index >= 15 is 0 Å². The molecule has 0 aliphatic carbocycles. The van der Waals surface area contributed by atoms with E-state index in [2.05, 4.69) is 6.58 Å². The summed E-state index contributed by atoms with van der Waals surface area (Å²) in [6, 6.07) is 21.6. The van der Waals surface area contributed by atoms with Crippen molar-refractivity contribution in [2.24, 2.45) is 0 Å². The first-order chi connectivity index (χ1) is 20.4. The number of aromatic nitrogens is 2. The number of hydrogen-bond acceptors (Lipinski definition) is 7. The zero-order valence-corrected chi connectivity index (χ0v) is 25.3. The van der Waals surface area contributed by atoms with Gasteiger partial charge in [0.1, 0.15) is 22.4 Å². The number of methoxy groups -OCH3 is 2. The average Bonchev–Trinajstić information content (AvgIpc) is 3.54. The zero-order valence-electron chi connectivity index (χ0n) is 23.7. The van der Waals surface area contributed by atoms with E-state index in [-0.39, 0.29) is 5.91 Å². The number of amides is 1. The maximum absolute atomic E-state index is 13.6. The highest BCUT2D eigenvalue weighted by Gasteiger charge is 2.32. The van der Waals surface area contributed by atoms with E-state index in [0.717, 1.165) is 39.4 Å². The van der Waals surface area contributed by atoms with E-state index in [9.17, 15) is 4.79 Å². The summed E-state index contributed by atoms with van der Waals surface area (Å²) in [6.45, 7) is 6.63. The predicted octanol–water partition coefficient (Wildman–Crippen LogP) is 6.87. The van der Waals surface area contributed by atoms with Gasteiger partial charge < -0.3 is 14.2 Å². The van der Waals surface area contributed by atoms with Gasteiger partial charge in [-0.15, -0.1) is 0 Å². The van der Waals surface area contributed by atoms with Crippen molar-refractivity contribution in [1.29, 1.82) is 0 Å². The second-order valence-electron chi connectivity index (χ2n) is 9.56. The summed E-state index contributed by atoms with van der Waals surface area (Å²) < 4.78 is 18.8. The molecule has 1 aliphatic heterocycles. The maximum atomic E-state index is 13.6. The molecule has 2 heterocycles. The molecule has 0 spiro atoms. The highest BCUT2D eigenvalue weighted by atomic mass is 32.2. The van der Waals surface area contributed by atoms with Crippen molar-refractivity contribution < 1.29 is 19.0 Å². The third kappa shape index (κ3) is 6.27. The molecule has 42 heavy (non-hydrogen) atoms. The molecular formula is C33H31N3O4S2. The molecule has 1 fully saturated rings. The van der Waals surface area contributed by atoms with Gasteiger partial charge in [0.25, 0.3) is 5.91 Å². The summed E-state index contributed by atoms with van der Waals surface area (Å²) in [7, 11) is 3.21. The SMILES string of the molecule is C=CCOc1ccc(-c2nn(-c3ccccc3)cc2C=C2SC(=S)N(CCc3ccc(OC)c(OC)c3)C2=O)c(C)c1. The number of carbonyl (C=O) groups is 1. The first kappa shape index (κ1) is 29.2. The van der Waals surface area contributed by atoms with Gasteiger partial charge >= 0.3 is 0 Å². The van der Waals surface area contributed by atoms with E-state index in [1.807, 2.05) is 90.6 Å². The number of thioether (sulfide) groups is 1. The van der Waals surface area contributed by atoms with Gasteiger partial charge in [-0.3, -0.25) is 9.69 Å². The lowest BCUT2D eigenvalue weighted by Gasteiger charge is -2.15. The number of carbonyl (C=O) groups excluding carboxylic acids is 1. The molecule has 0 radical (unpaired) electrons. The van der Waals surface area contributed by atoms with Crippen molar-refractivity contribution in [1.82, 2.24) is 14.7 Å². The summed E-state index contributed by atoms with van der Waals surface area (Å²) in [6.07, 6.45) is 6.17. The van der Waals surface area contributed by atoms with Gasteiger partial charge in [-0.2, -0.15) is 5.10 Å².